The molecular formula is C12H15F2N3O2. The Morgan fingerprint density at radius 3 is 2.95 bits per heavy atom. The summed E-state index contributed by atoms with van der Waals surface area (Å²) in [6, 6.07) is 0.152. The first-order chi connectivity index (χ1) is 9.08. The number of nitrogens with zero attached hydrogens (tertiary/aromatic N) is 3. The number of rotatable bonds is 4. The molecule has 0 aliphatic carbocycles. The maximum Gasteiger partial charge on any atom is 0.319 e. The first-order valence-corrected chi connectivity index (χ1v) is 6.36. The average molecular weight is 271 g/mol. The molecule has 3 atom stereocenters. The van der Waals surface area contributed by atoms with Gasteiger partial charge in [-0.1, -0.05) is 0 Å². The van der Waals surface area contributed by atoms with E-state index < -0.39 is 12.5 Å². The zero-order valence-corrected chi connectivity index (χ0v) is 10.2. The highest BCUT2D eigenvalue weighted by atomic mass is 19.3. The molecule has 19 heavy (non-hydrogen) atoms. The number of carbonyl (C=O) groups is 1. The van der Waals surface area contributed by atoms with Crippen molar-refractivity contribution in [2.45, 2.75) is 44.4 Å². The molecule has 0 radical (unpaired) electrons. The number of hydrogen-bond donors (Lipinski definition) is 1. The average Bonchev–Trinajstić information content (AvgIpc) is 3.04. The fourth-order valence-electron chi connectivity index (χ4n) is 3.42. The SMILES string of the molecule is O=C(O)C1CC2CCC1N2Cc1nccn1C(F)F. The third-order valence-electron chi connectivity index (χ3n) is 4.28. The number of carboxylic acids is 1. The summed E-state index contributed by atoms with van der Waals surface area (Å²) in [5, 5.41) is 9.15. The first-order valence-electron chi connectivity index (χ1n) is 6.36. The Kier molecular flexibility index (Phi) is 3.00. The molecule has 1 aromatic heterocycles. The minimum absolute atomic E-state index is 0.0367. The molecule has 5 nitrogen and oxygen atoms in total. The Morgan fingerprint density at radius 1 is 1.53 bits per heavy atom. The molecule has 0 aromatic carbocycles. The van der Waals surface area contributed by atoms with Crippen LogP contribution in [0, 0.1) is 5.92 Å². The number of imidazole rings is 1. The van der Waals surface area contributed by atoms with Gasteiger partial charge >= 0.3 is 12.5 Å². The molecule has 0 spiro atoms. The molecule has 7 heteroatoms. The minimum Gasteiger partial charge on any atom is -0.481 e. The van der Waals surface area contributed by atoms with E-state index in [2.05, 4.69) is 4.98 Å². The Hall–Kier alpha value is -1.50. The number of fused-ring (bicyclic) bond motifs is 2. The summed E-state index contributed by atoms with van der Waals surface area (Å²) in [5.41, 5.74) is 0. The molecular weight excluding hydrogens is 256 g/mol. The summed E-state index contributed by atoms with van der Waals surface area (Å²) in [7, 11) is 0. The van der Waals surface area contributed by atoms with Gasteiger partial charge in [0.15, 0.2) is 0 Å². The van der Waals surface area contributed by atoms with Crippen LogP contribution in [0.25, 0.3) is 0 Å². The lowest BCUT2D eigenvalue weighted by molar-refractivity contribution is -0.142. The van der Waals surface area contributed by atoms with Crippen molar-refractivity contribution in [2.75, 3.05) is 0 Å². The van der Waals surface area contributed by atoms with Gasteiger partial charge in [0.25, 0.3) is 0 Å². The van der Waals surface area contributed by atoms with Crippen LogP contribution in [0.3, 0.4) is 0 Å². The standard InChI is InChI=1S/C12H15F2N3O2/c13-12(14)16-4-3-15-10(16)6-17-7-1-2-9(17)8(5-7)11(18)19/h3-4,7-9,12H,1-2,5-6H2,(H,18,19). The van der Waals surface area contributed by atoms with E-state index >= 15 is 0 Å². The van der Waals surface area contributed by atoms with Gasteiger partial charge < -0.3 is 5.11 Å². The van der Waals surface area contributed by atoms with Crippen molar-refractivity contribution in [2.24, 2.45) is 5.92 Å². The molecule has 1 N–H and O–H groups in total. The van der Waals surface area contributed by atoms with Gasteiger partial charge in [0.2, 0.25) is 0 Å². The van der Waals surface area contributed by atoms with Gasteiger partial charge in [0.1, 0.15) is 5.82 Å². The maximum atomic E-state index is 12.8. The second kappa shape index (κ2) is 4.56. The van der Waals surface area contributed by atoms with E-state index in [1.807, 2.05) is 4.90 Å². The molecule has 3 heterocycles. The molecule has 104 valence electrons. The topological polar surface area (TPSA) is 58.4 Å². The first kappa shape index (κ1) is 12.5. The predicted molar refractivity (Wildman–Crippen MR) is 61.6 cm³/mol. The van der Waals surface area contributed by atoms with Gasteiger partial charge in [0, 0.05) is 24.5 Å². The molecule has 0 amide bonds. The number of aliphatic carboxylic acids is 1. The highest BCUT2D eigenvalue weighted by Crippen LogP contribution is 2.42. The van der Waals surface area contributed by atoms with Gasteiger partial charge in [-0.05, 0) is 19.3 Å². The van der Waals surface area contributed by atoms with Gasteiger partial charge in [-0.2, -0.15) is 8.78 Å². The molecule has 2 fully saturated rings. The lowest BCUT2D eigenvalue weighted by Gasteiger charge is -2.22. The maximum absolute atomic E-state index is 12.8. The highest BCUT2D eigenvalue weighted by molar-refractivity contribution is 5.71. The summed E-state index contributed by atoms with van der Waals surface area (Å²) in [5.74, 6) is -0.846. The second-order valence-corrected chi connectivity index (χ2v) is 5.18. The molecule has 3 unspecified atom stereocenters. The largest absolute Gasteiger partial charge is 0.481 e. The van der Waals surface area contributed by atoms with Crippen LogP contribution in [-0.4, -0.2) is 37.6 Å². The van der Waals surface area contributed by atoms with Crippen molar-refractivity contribution in [1.29, 1.82) is 0 Å². The Morgan fingerprint density at radius 2 is 2.32 bits per heavy atom. The fraction of sp³-hybridized carbons (Fsp3) is 0.667. The van der Waals surface area contributed by atoms with Gasteiger partial charge in [0.05, 0.1) is 12.5 Å². The Balaban J connectivity index is 1.77. The number of hydrogen-bond acceptors (Lipinski definition) is 3. The molecule has 2 saturated heterocycles. The molecule has 2 aliphatic heterocycles. The van der Waals surface area contributed by atoms with Crippen molar-refractivity contribution in [3.8, 4) is 0 Å². The third kappa shape index (κ3) is 2.01. The highest BCUT2D eigenvalue weighted by Gasteiger charge is 2.49. The Bertz CT molecular complexity index is 491. The summed E-state index contributed by atoms with van der Waals surface area (Å²) in [4.78, 5) is 17.1. The van der Waals surface area contributed by atoms with E-state index in [0.717, 1.165) is 17.4 Å². The third-order valence-corrected chi connectivity index (χ3v) is 4.28. The smallest absolute Gasteiger partial charge is 0.319 e. The molecule has 2 bridgehead atoms. The number of aromatic nitrogens is 2. The van der Waals surface area contributed by atoms with E-state index in [9.17, 15) is 13.6 Å². The van der Waals surface area contributed by atoms with Crippen molar-refractivity contribution >= 4 is 5.97 Å². The summed E-state index contributed by atoms with van der Waals surface area (Å²) in [6.07, 6.45) is 5.01. The van der Waals surface area contributed by atoms with E-state index in [0.29, 0.717) is 18.8 Å². The lowest BCUT2D eigenvalue weighted by atomic mass is 9.89. The van der Waals surface area contributed by atoms with Crippen LogP contribution in [0.2, 0.25) is 0 Å². The van der Waals surface area contributed by atoms with E-state index in [-0.39, 0.29) is 18.0 Å². The minimum atomic E-state index is -2.60. The normalized spacial score (nSPS) is 30.4. The van der Waals surface area contributed by atoms with Gasteiger partial charge in [-0.3, -0.25) is 14.3 Å². The van der Waals surface area contributed by atoms with Crippen LogP contribution in [-0.2, 0) is 11.3 Å². The van der Waals surface area contributed by atoms with Crippen LogP contribution in [0.1, 0.15) is 31.6 Å². The van der Waals surface area contributed by atoms with Crippen molar-refractivity contribution in [3.63, 3.8) is 0 Å². The van der Waals surface area contributed by atoms with Crippen LogP contribution in [0.4, 0.5) is 8.78 Å². The van der Waals surface area contributed by atoms with Gasteiger partial charge in [-0.25, -0.2) is 4.98 Å². The van der Waals surface area contributed by atoms with Crippen LogP contribution in [0.15, 0.2) is 12.4 Å². The number of alkyl halides is 2. The predicted octanol–water partition coefficient (Wildman–Crippen LogP) is 1.72. The summed E-state index contributed by atoms with van der Waals surface area (Å²) in [6.45, 7) is -2.30. The fourth-order valence-corrected chi connectivity index (χ4v) is 3.42. The molecule has 2 aliphatic rings. The van der Waals surface area contributed by atoms with E-state index in [4.69, 9.17) is 5.11 Å². The van der Waals surface area contributed by atoms with E-state index in [1.54, 1.807) is 0 Å². The second-order valence-electron chi connectivity index (χ2n) is 5.18. The van der Waals surface area contributed by atoms with Crippen molar-refractivity contribution in [3.05, 3.63) is 18.2 Å². The Labute approximate surface area is 108 Å². The van der Waals surface area contributed by atoms with Crippen molar-refractivity contribution in [1.82, 2.24) is 14.5 Å². The van der Waals surface area contributed by atoms with Crippen LogP contribution < -0.4 is 0 Å². The monoisotopic (exact) mass is 271 g/mol. The number of halogens is 2. The molecule has 0 saturated carbocycles. The van der Waals surface area contributed by atoms with Gasteiger partial charge in [-0.15, -0.1) is 0 Å². The molecule has 3 rings (SSSR count). The summed E-state index contributed by atoms with van der Waals surface area (Å²) >= 11 is 0. The van der Waals surface area contributed by atoms with Crippen LogP contribution in [0.5, 0.6) is 0 Å². The van der Waals surface area contributed by atoms with Crippen molar-refractivity contribution < 1.29 is 18.7 Å². The van der Waals surface area contributed by atoms with E-state index in [1.165, 1.54) is 12.4 Å². The number of carboxylic acid groups (broad SMARTS) is 1. The zero-order valence-electron chi connectivity index (χ0n) is 10.2. The molecule has 1 aromatic rings. The lowest BCUT2D eigenvalue weighted by Crippen LogP contribution is -2.33. The zero-order chi connectivity index (χ0) is 13.6. The quantitative estimate of drug-likeness (QED) is 0.905. The van der Waals surface area contributed by atoms with Crippen LogP contribution >= 0.6 is 0 Å². The summed E-state index contributed by atoms with van der Waals surface area (Å²) < 4.78 is 26.4.